The molecule has 0 aliphatic rings. The number of pyridine rings is 3. The summed E-state index contributed by atoms with van der Waals surface area (Å²) in [5.74, 6) is 0. The molecule has 3 rings (SSSR count). The Hall–Kier alpha value is -1.77. The molecule has 0 saturated carbocycles. The Bertz CT molecular complexity index is 687. The van der Waals surface area contributed by atoms with Gasteiger partial charge in [-0.3, -0.25) is 14.8 Å². The van der Waals surface area contributed by atoms with Gasteiger partial charge in [0, 0.05) is 23.8 Å². The Labute approximate surface area is 137 Å². The van der Waals surface area contributed by atoms with Gasteiger partial charge in [0.2, 0.25) is 0 Å². The van der Waals surface area contributed by atoms with E-state index in [1.165, 1.54) is 12.1 Å². The zero-order valence-corrected chi connectivity index (χ0v) is 13.7. The van der Waals surface area contributed by atoms with Crippen molar-refractivity contribution in [2.75, 3.05) is 0 Å². The van der Waals surface area contributed by atoms with Crippen LogP contribution in [-0.2, 0) is 18.8 Å². The first-order valence-electron chi connectivity index (χ1n) is 5.97. The van der Waals surface area contributed by atoms with Crippen LogP contribution in [0.2, 0.25) is 0 Å². The molecule has 0 bridgehead atoms. The molecule has 0 spiro atoms. The molecule has 0 aliphatic heterocycles. The Morgan fingerprint density at radius 1 is 0.857 bits per heavy atom. The fourth-order valence-corrected chi connectivity index (χ4v) is 1.80. The molecular weight excluding hydrogens is 469 g/mol. The second-order valence-corrected chi connectivity index (χ2v) is 4.00. The van der Waals surface area contributed by atoms with Gasteiger partial charge in [-0.15, -0.1) is 11.4 Å². The van der Waals surface area contributed by atoms with Gasteiger partial charge in [-0.2, -0.15) is 0 Å². The molecule has 0 unspecified atom stereocenters. The van der Waals surface area contributed by atoms with Gasteiger partial charge in [-0.1, -0.05) is 12.1 Å². The number of aromatic nitrogens is 3. The van der Waals surface area contributed by atoms with Crippen molar-refractivity contribution in [3.05, 3.63) is 71.1 Å². The first-order valence-corrected chi connectivity index (χ1v) is 8.78. The summed E-state index contributed by atoms with van der Waals surface area (Å²) in [6.45, 7) is 0. The normalized spacial score (nSPS) is 9.67. The van der Waals surface area contributed by atoms with Crippen LogP contribution in [0.5, 0.6) is 0 Å². The van der Waals surface area contributed by atoms with Crippen molar-refractivity contribution >= 4 is 9.42 Å². The van der Waals surface area contributed by atoms with E-state index in [2.05, 4.69) is 24.4 Å². The summed E-state index contributed by atoms with van der Waals surface area (Å²) in [7, 11) is 4.61. The second kappa shape index (κ2) is 7.86. The van der Waals surface area contributed by atoms with Crippen molar-refractivity contribution in [2.45, 2.75) is 0 Å². The van der Waals surface area contributed by atoms with Crippen molar-refractivity contribution in [3.63, 3.8) is 0 Å². The third-order valence-corrected chi connectivity index (χ3v) is 2.65. The van der Waals surface area contributed by atoms with Crippen molar-refractivity contribution in [2.24, 2.45) is 0 Å². The van der Waals surface area contributed by atoms with Gasteiger partial charge in [0.1, 0.15) is 0 Å². The van der Waals surface area contributed by atoms with Gasteiger partial charge in [0.15, 0.2) is 5.43 Å². The molecular formula is C15H10ClN3OPt. The fourth-order valence-electron chi connectivity index (χ4n) is 1.80. The summed E-state index contributed by atoms with van der Waals surface area (Å²) in [5, 5.41) is 0. The van der Waals surface area contributed by atoms with Crippen LogP contribution in [-0.4, -0.2) is 9.97 Å². The van der Waals surface area contributed by atoms with Crippen molar-refractivity contribution in [1.82, 2.24) is 15.0 Å². The zero-order chi connectivity index (χ0) is 15.1. The molecule has 0 atom stereocenters. The van der Waals surface area contributed by atoms with E-state index < -0.39 is 0 Å². The van der Waals surface area contributed by atoms with E-state index in [1.54, 1.807) is 31.2 Å². The molecule has 0 aliphatic carbocycles. The fraction of sp³-hybridized carbons (Fsp3) is 0. The predicted octanol–water partition coefficient (Wildman–Crippen LogP) is 2.82. The molecule has 0 aromatic carbocycles. The van der Waals surface area contributed by atoms with E-state index in [-0.39, 0.29) is 5.43 Å². The van der Waals surface area contributed by atoms with Crippen LogP contribution >= 0.6 is 9.42 Å². The Morgan fingerprint density at radius 3 is 1.71 bits per heavy atom. The number of rotatable bonds is 2. The van der Waals surface area contributed by atoms with Gasteiger partial charge < -0.3 is 4.98 Å². The van der Waals surface area contributed by atoms with E-state index in [4.69, 9.17) is 0 Å². The first-order chi connectivity index (χ1) is 10.3. The average Bonchev–Trinajstić information content (AvgIpc) is 2.58. The number of nitrogens with zero attached hydrogens (tertiary/aromatic N) is 3. The van der Waals surface area contributed by atoms with Crippen LogP contribution in [0.4, 0.5) is 0 Å². The van der Waals surface area contributed by atoms with E-state index in [0.717, 1.165) is 0 Å². The molecule has 0 saturated heterocycles. The van der Waals surface area contributed by atoms with Crippen LogP contribution in [0.3, 0.4) is 0 Å². The molecule has 3 aromatic rings. The summed E-state index contributed by atoms with van der Waals surface area (Å²) >= 11 is 1.61. The van der Waals surface area contributed by atoms with E-state index in [0.29, 0.717) is 22.8 Å². The van der Waals surface area contributed by atoms with Crippen LogP contribution in [0.15, 0.2) is 65.7 Å². The van der Waals surface area contributed by atoms with Gasteiger partial charge >= 0.3 is 28.2 Å². The van der Waals surface area contributed by atoms with Crippen LogP contribution in [0.1, 0.15) is 0 Å². The molecule has 0 N–H and O–H groups in total. The molecule has 0 fully saturated rings. The molecule has 0 amide bonds. The minimum atomic E-state index is -0.101. The topological polar surface area (TPSA) is 57.0 Å². The number of halogens is 1. The summed E-state index contributed by atoms with van der Waals surface area (Å²) in [6.07, 6.45) is 3.35. The Kier molecular flexibility index (Phi) is 5.85. The summed E-state index contributed by atoms with van der Waals surface area (Å²) in [6, 6.07) is 14.0. The van der Waals surface area contributed by atoms with Crippen molar-refractivity contribution in [1.29, 1.82) is 0 Å². The maximum absolute atomic E-state index is 11.8. The minimum absolute atomic E-state index is 0.101. The van der Waals surface area contributed by atoms with Crippen LogP contribution in [0.25, 0.3) is 22.8 Å². The number of hydrogen-bond acceptors (Lipinski definition) is 3. The molecule has 3 heterocycles. The third kappa shape index (κ3) is 4.10. The Morgan fingerprint density at radius 2 is 1.33 bits per heavy atom. The summed E-state index contributed by atoms with van der Waals surface area (Å²) < 4.78 is 0. The first kappa shape index (κ1) is 15.6. The van der Waals surface area contributed by atoms with E-state index >= 15 is 0 Å². The Balaban J connectivity index is 0.000000774. The van der Waals surface area contributed by atoms with Gasteiger partial charge in [-0.25, -0.2) is 0 Å². The van der Waals surface area contributed by atoms with Crippen LogP contribution in [0, 0.1) is 0 Å². The number of hydrogen-bond donors (Lipinski definition) is 0. The van der Waals surface area contributed by atoms with E-state index in [9.17, 15) is 4.79 Å². The van der Waals surface area contributed by atoms with Crippen LogP contribution < -0.4 is 10.4 Å². The van der Waals surface area contributed by atoms with Gasteiger partial charge in [0.05, 0.1) is 0 Å². The monoisotopic (exact) mass is 478 g/mol. The van der Waals surface area contributed by atoms with Crippen molar-refractivity contribution in [3.8, 4) is 22.8 Å². The van der Waals surface area contributed by atoms with Gasteiger partial charge in [0.25, 0.3) is 0 Å². The average molecular weight is 479 g/mol. The molecule has 0 radical (unpaired) electrons. The molecule has 3 aromatic heterocycles. The summed E-state index contributed by atoms with van der Waals surface area (Å²) in [4.78, 5) is 24.6. The quantitative estimate of drug-likeness (QED) is 0.568. The summed E-state index contributed by atoms with van der Waals surface area (Å²) in [5.41, 5.74) is 2.38. The molecule has 108 valence electrons. The standard InChI is InChI=1S/C15H11N3O.ClH.Pt/c19-11-9-14(12-5-1-3-7-16-12)18-15(10-11)13-6-2-4-8-17-13;;/h1-10H,(H,18,19);1H;/q;;+2/p-2. The van der Waals surface area contributed by atoms with E-state index in [1.807, 2.05) is 36.4 Å². The zero-order valence-electron chi connectivity index (χ0n) is 10.7. The maximum atomic E-state index is 11.8. The molecule has 4 nitrogen and oxygen atoms in total. The van der Waals surface area contributed by atoms with Crippen molar-refractivity contribution < 1.29 is 18.8 Å². The predicted molar refractivity (Wildman–Crippen MR) is 78.3 cm³/mol. The van der Waals surface area contributed by atoms with Gasteiger partial charge in [-0.05, 0) is 36.4 Å². The molecule has 21 heavy (non-hydrogen) atoms. The SMILES string of the molecule is O=c1cc(-c2ccccn2)[n-]c(-c2ccccn2)c1.[Cl][Pt+]. The molecule has 6 heteroatoms. The second-order valence-electron chi connectivity index (χ2n) is 4.00. The third-order valence-electron chi connectivity index (χ3n) is 2.65.